The number of phenolic OH excluding ortho intramolecular Hbond substituents is 1. The lowest BCUT2D eigenvalue weighted by Crippen LogP contribution is -2.67. The number of phenols is 1. The fourth-order valence-corrected chi connectivity index (χ4v) is 11.7. The Kier molecular flexibility index (Phi) is 9.13. The predicted molar refractivity (Wildman–Crippen MR) is 185 cm³/mol. The molecule has 1 aliphatic rings. The van der Waals surface area contributed by atoms with Gasteiger partial charge < -0.3 is 14.4 Å². The van der Waals surface area contributed by atoms with E-state index in [-0.39, 0.29) is 40.3 Å². The van der Waals surface area contributed by atoms with Crippen LogP contribution in [-0.4, -0.2) is 19.3 Å². The number of β-lactam (4-membered cyclic amide) rings is 1. The van der Waals surface area contributed by atoms with Crippen molar-refractivity contribution in [3.63, 3.8) is 0 Å². The van der Waals surface area contributed by atoms with E-state index in [0.717, 1.165) is 21.5 Å². The number of hydrogen-bond donors (Lipinski definition) is 1. The summed E-state index contributed by atoms with van der Waals surface area (Å²) in [5.74, 6) is -0.996. The van der Waals surface area contributed by atoms with E-state index in [9.17, 15) is 18.7 Å². The predicted octanol–water partition coefficient (Wildman–Crippen LogP) is 8.47. The minimum atomic E-state index is -3.00. The van der Waals surface area contributed by atoms with E-state index in [0.29, 0.717) is 18.5 Å². The third kappa shape index (κ3) is 6.38. The van der Waals surface area contributed by atoms with Gasteiger partial charge in [0.05, 0.1) is 18.1 Å². The second-order valence-corrected chi connectivity index (χ2v) is 17.5. The second kappa shape index (κ2) is 13.3. The zero-order valence-electron chi connectivity index (χ0n) is 26.8. The number of benzene rings is 5. The number of hydrogen-bond acceptors (Lipinski definition) is 3. The third-order valence-corrected chi connectivity index (χ3v) is 14.3. The van der Waals surface area contributed by atoms with Crippen LogP contribution < -0.4 is 15.3 Å². The van der Waals surface area contributed by atoms with Crippen molar-refractivity contribution in [3.8, 4) is 5.75 Å². The molecule has 1 aliphatic heterocycles. The molecular formula is C40H39F2NO3Si. The molecule has 6 rings (SSSR count). The summed E-state index contributed by atoms with van der Waals surface area (Å²) in [6.45, 7) is 6.66. The van der Waals surface area contributed by atoms with Crippen molar-refractivity contribution in [3.05, 3.63) is 156 Å². The zero-order chi connectivity index (χ0) is 33.2. The van der Waals surface area contributed by atoms with Crippen LogP contribution in [0.1, 0.15) is 56.9 Å². The quantitative estimate of drug-likeness (QED) is 0.122. The van der Waals surface area contributed by atoms with Gasteiger partial charge in [-0.3, -0.25) is 4.79 Å². The molecule has 240 valence electrons. The van der Waals surface area contributed by atoms with Gasteiger partial charge in [-0.1, -0.05) is 106 Å². The summed E-state index contributed by atoms with van der Waals surface area (Å²) < 4.78 is 35.6. The van der Waals surface area contributed by atoms with Gasteiger partial charge in [0.15, 0.2) is 0 Å². The highest BCUT2D eigenvalue weighted by Crippen LogP contribution is 2.48. The van der Waals surface area contributed by atoms with Gasteiger partial charge in [0.2, 0.25) is 5.91 Å². The number of anilines is 1. The summed E-state index contributed by atoms with van der Waals surface area (Å²) in [4.78, 5) is 15.6. The van der Waals surface area contributed by atoms with Crippen LogP contribution in [0.3, 0.4) is 0 Å². The molecule has 4 nitrogen and oxygen atoms in total. The molecule has 0 aromatic heterocycles. The van der Waals surface area contributed by atoms with Gasteiger partial charge in [-0.15, -0.1) is 0 Å². The van der Waals surface area contributed by atoms with Crippen molar-refractivity contribution >= 4 is 30.3 Å². The Bertz CT molecular complexity index is 1750. The first-order valence-electron chi connectivity index (χ1n) is 16.0. The van der Waals surface area contributed by atoms with Gasteiger partial charge in [0.25, 0.3) is 8.32 Å². The van der Waals surface area contributed by atoms with Crippen LogP contribution in [0.5, 0.6) is 5.75 Å². The maximum Gasteiger partial charge on any atom is 0.261 e. The highest BCUT2D eigenvalue weighted by atomic mass is 28.4. The fraction of sp³-hybridized carbons (Fsp3) is 0.225. The molecule has 1 unspecified atom stereocenters. The SMILES string of the molecule is CC(C)(C)[Si](O[C@@H](CCC1C(=O)N(c2ccc(F)cc2)[C@@H]1c1ccc(O)cc1)c1ccc(F)cc1)(c1ccccc1)c1ccccc1. The normalized spacial score (nSPS) is 17.3. The Morgan fingerprint density at radius 3 is 1.77 bits per heavy atom. The van der Waals surface area contributed by atoms with Crippen molar-refractivity contribution in [2.45, 2.75) is 50.8 Å². The number of carbonyl (C=O) groups excluding carboxylic acids is 1. The number of amides is 1. The van der Waals surface area contributed by atoms with E-state index in [4.69, 9.17) is 4.43 Å². The van der Waals surface area contributed by atoms with E-state index in [2.05, 4.69) is 45.0 Å². The molecular weight excluding hydrogens is 609 g/mol. The number of aromatic hydroxyl groups is 1. The van der Waals surface area contributed by atoms with Crippen molar-refractivity contribution < 1.29 is 23.1 Å². The largest absolute Gasteiger partial charge is 0.508 e. The standard InChI is InChI=1S/C40H39F2NO3Si/c1-40(2,3)47(34-10-6-4-7-11-34,35-12-8-5-9-13-35)46-37(28-14-18-30(41)19-15-28)27-26-36-38(29-16-24-33(44)25-17-29)43(39(36)45)32-22-20-31(42)21-23-32/h4-25,36-38,44H,26-27H2,1-3H3/t36?,37-,38+/m0/s1. The maximum atomic E-state index is 14.2. The molecule has 3 atom stereocenters. The third-order valence-electron chi connectivity index (χ3n) is 9.27. The summed E-state index contributed by atoms with van der Waals surface area (Å²) in [7, 11) is -3.00. The summed E-state index contributed by atoms with van der Waals surface area (Å²) in [6.07, 6.45) is 0.579. The molecule has 7 heteroatoms. The molecule has 1 fully saturated rings. The van der Waals surface area contributed by atoms with Crippen LogP contribution in [0.4, 0.5) is 14.5 Å². The lowest BCUT2D eigenvalue weighted by Gasteiger charge is -2.49. The topological polar surface area (TPSA) is 49.8 Å². The molecule has 1 N–H and O–H groups in total. The van der Waals surface area contributed by atoms with E-state index >= 15 is 0 Å². The minimum absolute atomic E-state index is 0.0574. The molecule has 0 aliphatic carbocycles. The monoisotopic (exact) mass is 647 g/mol. The highest BCUT2D eigenvalue weighted by molar-refractivity contribution is 6.99. The minimum Gasteiger partial charge on any atom is -0.508 e. The Labute approximate surface area is 276 Å². The van der Waals surface area contributed by atoms with Crippen LogP contribution in [0.25, 0.3) is 0 Å². The van der Waals surface area contributed by atoms with Gasteiger partial charge >= 0.3 is 0 Å². The van der Waals surface area contributed by atoms with Crippen LogP contribution in [0.15, 0.2) is 133 Å². The molecule has 1 heterocycles. The molecule has 0 spiro atoms. The average Bonchev–Trinajstić information content (AvgIpc) is 3.07. The molecule has 5 aromatic carbocycles. The molecule has 5 aromatic rings. The summed E-state index contributed by atoms with van der Waals surface area (Å²) in [5.41, 5.74) is 2.34. The molecule has 0 saturated carbocycles. The molecule has 47 heavy (non-hydrogen) atoms. The Morgan fingerprint density at radius 2 is 1.26 bits per heavy atom. The number of carbonyl (C=O) groups is 1. The number of halogens is 2. The average molecular weight is 648 g/mol. The number of rotatable bonds is 10. The Morgan fingerprint density at radius 1 is 0.745 bits per heavy atom. The lowest BCUT2D eigenvalue weighted by molar-refractivity contribution is -0.131. The van der Waals surface area contributed by atoms with E-state index in [1.165, 1.54) is 24.3 Å². The smallest absolute Gasteiger partial charge is 0.261 e. The van der Waals surface area contributed by atoms with Crippen molar-refractivity contribution in [1.29, 1.82) is 0 Å². The van der Waals surface area contributed by atoms with E-state index in [1.807, 2.05) is 48.5 Å². The van der Waals surface area contributed by atoms with E-state index in [1.54, 1.807) is 41.3 Å². The first kappa shape index (κ1) is 32.4. The van der Waals surface area contributed by atoms with Crippen molar-refractivity contribution in [1.82, 2.24) is 0 Å². The summed E-state index contributed by atoms with van der Waals surface area (Å²) >= 11 is 0. The van der Waals surface area contributed by atoms with Gasteiger partial charge in [0.1, 0.15) is 17.4 Å². The summed E-state index contributed by atoms with van der Waals surface area (Å²) in [5, 5.41) is 12.0. The molecule has 0 radical (unpaired) electrons. The maximum absolute atomic E-state index is 14.2. The summed E-state index contributed by atoms with van der Waals surface area (Å²) in [6, 6.07) is 39.7. The van der Waals surface area contributed by atoms with Crippen LogP contribution in [-0.2, 0) is 9.22 Å². The van der Waals surface area contributed by atoms with Gasteiger partial charge in [-0.05, 0) is 87.9 Å². The Balaban J connectivity index is 1.39. The number of nitrogens with zero attached hydrogens (tertiary/aromatic N) is 1. The molecule has 0 bridgehead atoms. The van der Waals surface area contributed by atoms with Gasteiger partial charge in [-0.2, -0.15) is 0 Å². The lowest BCUT2D eigenvalue weighted by atomic mass is 9.78. The van der Waals surface area contributed by atoms with Crippen molar-refractivity contribution in [2.75, 3.05) is 4.90 Å². The molecule has 1 saturated heterocycles. The van der Waals surface area contributed by atoms with Crippen LogP contribution >= 0.6 is 0 Å². The first-order chi connectivity index (χ1) is 22.6. The van der Waals surface area contributed by atoms with Gasteiger partial charge in [0, 0.05) is 5.69 Å². The first-order valence-corrected chi connectivity index (χ1v) is 17.9. The Hall–Kier alpha value is -4.59. The van der Waals surface area contributed by atoms with Gasteiger partial charge in [-0.25, -0.2) is 8.78 Å². The highest BCUT2D eigenvalue weighted by Gasteiger charge is 2.53. The van der Waals surface area contributed by atoms with E-state index < -0.39 is 14.4 Å². The van der Waals surface area contributed by atoms with Crippen LogP contribution in [0.2, 0.25) is 5.04 Å². The second-order valence-electron chi connectivity index (χ2n) is 13.2. The van der Waals surface area contributed by atoms with Crippen molar-refractivity contribution in [2.24, 2.45) is 5.92 Å². The van der Waals surface area contributed by atoms with Crippen LogP contribution in [0, 0.1) is 17.6 Å². The zero-order valence-corrected chi connectivity index (χ0v) is 27.8. The molecule has 1 amide bonds. The fourth-order valence-electron chi connectivity index (χ4n) is 6.98.